The van der Waals surface area contributed by atoms with Crippen molar-refractivity contribution >= 4 is 5.91 Å². The quantitative estimate of drug-likeness (QED) is 0.786. The fourth-order valence-electron chi connectivity index (χ4n) is 2.76. The molecule has 98 valence electrons. The predicted octanol–water partition coefficient (Wildman–Crippen LogP) is 3.78. The van der Waals surface area contributed by atoms with E-state index in [0.29, 0.717) is 0 Å². The maximum atomic E-state index is 11.8. The van der Waals surface area contributed by atoms with Gasteiger partial charge in [-0.05, 0) is 30.9 Å². The highest BCUT2D eigenvalue weighted by Crippen LogP contribution is 2.26. The Morgan fingerprint density at radius 1 is 1.11 bits per heavy atom. The molecule has 0 heterocycles. The second-order valence-corrected chi connectivity index (χ2v) is 5.27. The Hall–Kier alpha value is -1.31. The van der Waals surface area contributed by atoms with Crippen molar-refractivity contribution in [2.45, 2.75) is 44.9 Å². The van der Waals surface area contributed by atoms with E-state index in [9.17, 15) is 4.79 Å². The summed E-state index contributed by atoms with van der Waals surface area (Å²) in [6, 6.07) is 9.45. The Kier molecular flexibility index (Phi) is 5.25. The highest BCUT2D eigenvalue weighted by atomic mass is 16.1. The Balaban J connectivity index is 1.62. The highest BCUT2D eigenvalue weighted by molar-refractivity contribution is 5.94. The molecule has 0 unspecified atom stereocenters. The zero-order valence-electron chi connectivity index (χ0n) is 11.0. The summed E-state index contributed by atoms with van der Waals surface area (Å²) < 4.78 is 0. The fraction of sp³-hybridized carbons (Fsp3) is 0.562. The van der Waals surface area contributed by atoms with Crippen LogP contribution in [0.15, 0.2) is 30.3 Å². The van der Waals surface area contributed by atoms with E-state index in [4.69, 9.17) is 0 Å². The minimum atomic E-state index is 0.0549. The molecule has 1 aromatic rings. The number of carbonyl (C=O) groups is 1. The van der Waals surface area contributed by atoms with Gasteiger partial charge in [-0.3, -0.25) is 4.79 Å². The van der Waals surface area contributed by atoms with Crippen LogP contribution in [0, 0.1) is 5.92 Å². The van der Waals surface area contributed by atoms with Crippen LogP contribution in [0.3, 0.4) is 0 Å². The molecule has 2 nitrogen and oxygen atoms in total. The standard InChI is InChI=1S/C16H23NO/c18-16(15-11-5-2-6-12-15)17-13-7-10-14-8-3-1-4-9-14/h2,5-6,11-12,14H,1,3-4,7-10,13H2,(H,17,18). The lowest BCUT2D eigenvalue weighted by atomic mass is 9.86. The zero-order valence-corrected chi connectivity index (χ0v) is 11.0. The van der Waals surface area contributed by atoms with Crippen LogP contribution >= 0.6 is 0 Å². The molecule has 1 N–H and O–H groups in total. The van der Waals surface area contributed by atoms with Crippen LogP contribution in [0.4, 0.5) is 0 Å². The molecule has 1 amide bonds. The largest absolute Gasteiger partial charge is 0.352 e. The normalized spacial score (nSPS) is 16.4. The molecule has 1 aromatic carbocycles. The Bertz CT molecular complexity index is 355. The number of nitrogens with one attached hydrogen (secondary N) is 1. The average Bonchev–Trinajstić information content (AvgIpc) is 2.45. The third-order valence-corrected chi connectivity index (χ3v) is 3.84. The van der Waals surface area contributed by atoms with Crippen molar-refractivity contribution in [2.24, 2.45) is 5.92 Å². The third kappa shape index (κ3) is 4.17. The molecule has 1 aliphatic rings. The lowest BCUT2D eigenvalue weighted by molar-refractivity contribution is 0.0952. The van der Waals surface area contributed by atoms with Crippen molar-refractivity contribution in [1.29, 1.82) is 0 Å². The van der Waals surface area contributed by atoms with E-state index in [-0.39, 0.29) is 5.91 Å². The number of hydrogen-bond acceptors (Lipinski definition) is 1. The molecule has 0 saturated heterocycles. The number of benzene rings is 1. The van der Waals surface area contributed by atoms with Crippen LogP contribution in [0.5, 0.6) is 0 Å². The molecule has 0 radical (unpaired) electrons. The van der Waals surface area contributed by atoms with Crippen LogP contribution in [-0.4, -0.2) is 12.5 Å². The summed E-state index contributed by atoms with van der Waals surface area (Å²) in [6.45, 7) is 0.810. The summed E-state index contributed by atoms with van der Waals surface area (Å²) in [4.78, 5) is 11.8. The molecule has 0 bridgehead atoms. The van der Waals surface area contributed by atoms with Crippen molar-refractivity contribution in [2.75, 3.05) is 6.54 Å². The molecule has 0 aliphatic heterocycles. The first kappa shape index (κ1) is 13.1. The molecule has 1 aliphatic carbocycles. The lowest BCUT2D eigenvalue weighted by Gasteiger charge is -2.21. The van der Waals surface area contributed by atoms with E-state index in [1.807, 2.05) is 30.3 Å². The van der Waals surface area contributed by atoms with Crippen LogP contribution in [0.25, 0.3) is 0 Å². The Morgan fingerprint density at radius 3 is 2.56 bits per heavy atom. The van der Waals surface area contributed by atoms with Crippen molar-refractivity contribution in [1.82, 2.24) is 5.32 Å². The second-order valence-electron chi connectivity index (χ2n) is 5.27. The van der Waals surface area contributed by atoms with E-state index < -0.39 is 0 Å². The lowest BCUT2D eigenvalue weighted by Crippen LogP contribution is -2.24. The molecule has 18 heavy (non-hydrogen) atoms. The summed E-state index contributed by atoms with van der Waals surface area (Å²) in [6.07, 6.45) is 9.40. The van der Waals surface area contributed by atoms with Gasteiger partial charge in [0, 0.05) is 12.1 Å². The van der Waals surface area contributed by atoms with Crippen molar-refractivity contribution in [3.63, 3.8) is 0 Å². The van der Waals surface area contributed by atoms with Gasteiger partial charge in [-0.15, -0.1) is 0 Å². The van der Waals surface area contributed by atoms with Gasteiger partial charge in [-0.1, -0.05) is 50.3 Å². The summed E-state index contributed by atoms with van der Waals surface area (Å²) in [5, 5.41) is 3.00. The SMILES string of the molecule is O=C(NCCCC1CCCCC1)c1ccccc1. The molecule has 1 saturated carbocycles. The number of rotatable bonds is 5. The van der Waals surface area contributed by atoms with Crippen LogP contribution in [0.1, 0.15) is 55.3 Å². The van der Waals surface area contributed by atoms with E-state index in [2.05, 4.69) is 5.32 Å². The third-order valence-electron chi connectivity index (χ3n) is 3.84. The van der Waals surface area contributed by atoms with Crippen LogP contribution in [0.2, 0.25) is 0 Å². The molecule has 0 atom stereocenters. The van der Waals surface area contributed by atoms with E-state index in [1.54, 1.807) is 0 Å². The highest BCUT2D eigenvalue weighted by Gasteiger charge is 2.12. The summed E-state index contributed by atoms with van der Waals surface area (Å²) in [5.74, 6) is 0.964. The fourth-order valence-corrected chi connectivity index (χ4v) is 2.76. The molecular formula is C16H23NO. The van der Waals surface area contributed by atoms with Gasteiger partial charge >= 0.3 is 0 Å². The Labute approximate surface area is 110 Å². The monoisotopic (exact) mass is 245 g/mol. The molecule has 1 fully saturated rings. The van der Waals surface area contributed by atoms with Gasteiger partial charge in [-0.25, -0.2) is 0 Å². The number of carbonyl (C=O) groups excluding carboxylic acids is 1. The first-order chi connectivity index (χ1) is 8.86. The minimum Gasteiger partial charge on any atom is -0.352 e. The number of amides is 1. The van der Waals surface area contributed by atoms with E-state index >= 15 is 0 Å². The van der Waals surface area contributed by atoms with Gasteiger partial charge in [0.05, 0.1) is 0 Å². The van der Waals surface area contributed by atoms with Gasteiger partial charge in [0.2, 0.25) is 0 Å². The predicted molar refractivity (Wildman–Crippen MR) is 74.6 cm³/mol. The van der Waals surface area contributed by atoms with Gasteiger partial charge in [0.1, 0.15) is 0 Å². The van der Waals surface area contributed by atoms with Gasteiger partial charge < -0.3 is 5.32 Å². The summed E-state index contributed by atoms with van der Waals surface area (Å²) in [5.41, 5.74) is 0.759. The van der Waals surface area contributed by atoms with Gasteiger partial charge in [0.15, 0.2) is 0 Å². The minimum absolute atomic E-state index is 0.0549. The molecular weight excluding hydrogens is 222 g/mol. The Morgan fingerprint density at radius 2 is 1.83 bits per heavy atom. The van der Waals surface area contributed by atoms with Gasteiger partial charge in [0.25, 0.3) is 5.91 Å². The molecule has 2 rings (SSSR count). The molecule has 0 spiro atoms. The second kappa shape index (κ2) is 7.20. The maximum absolute atomic E-state index is 11.8. The van der Waals surface area contributed by atoms with Crippen LogP contribution < -0.4 is 5.32 Å². The topological polar surface area (TPSA) is 29.1 Å². The van der Waals surface area contributed by atoms with Crippen LogP contribution in [-0.2, 0) is 0 Å². The summed E-state index contributed by atoms with van der Waals surface area (Å²) >= 11 is 0. The van der Waals surface area contributed by atoms with E-state index in [1.165, 1.54) is 38.5 Å². The molecule has 2 heteroatoms. The summed E-state index contributed by atoms with van der Waals surface area (Å²) in [7, 11) is 0. The smallest absolute Gasteiger partial charge is 0.251 e. The van der Waals surface area contributed by atoms with Crippen molar-refractivity contribution in [3.8, 4) is 0 Å². The number of hydrogen-bond donors (Lipinski definition) is 1. The van der Waals surface area contributed by atoms with E-state index in [0.717, 1.165) is 24.4 Å². The van der Waals surface area contributed by atoms with Gasteiger partial charge in [-0.2, -0.15) is 0 Å². The first-order valence-corrected chi connectivity index (χ1v) is 7.19. The van der Waals surface area contributed by atoms with Crippen molar-refractivity contribution in [3.05, 3.63) is 35.9 Å². The maximum Gasteiger partial charge on any atom is 0.251 e. The molecule has 0 aromatic heterocycles. The zero-order chi connectivity index (χ0) is 12.6. The van der Waals surface area contributed by atoms with Crippen molar-refractivity contribution < 1.29 is 4.79 Å². The first-order valence-electron chi connectivity index (χ1n) is 7.19. The average molecular weight is 245 g/mol.